The Hall–Kier alpha value is -3.40. The van der Waals surface area contributed by atoms with E-state index in [1.54, 1.807) is 0 Å². The van der Waals surface area contributed by atoms with Crippen LogP contribution in [0.15, 0.2) is 77.8 Å². The molecule has 3 aromatic rings. The minimum atomic E-state index is 0.0366. The number of hydrogen-bond acceptors (Lipinski definition) is 2. The van der Waals surface area contributed by atoms with Crippen molar-refractivity contribution in [3.8, 4) is 0 Å². The maximum absolute atomic E-state index is 13.6. The Labute approximate surface area is 185 Å². The minimum Gasteiger partial charge on any atom is -0.366 e. The van der Waals surface area contributed by atoms with Crippen LogP contribution in [0.2, 0.25) is 0 Å². The zero-order valence-corrected chi connectivity index (χ0v) is 18.9. The van der Waals surface area contributed by atoms with Crippen molar-refractivity contribution < 1.29 is 4.79 Å². The van der Waals surface area contributed by atoms with Gasteiger partial charge in [-0.1, -0.05) is 60.7 Å². The van der Waals surface area contributed by atoms with Crippen molar-refractivity contribution >= 4 is 17.9 Å². The van der Waals surface area contributed by atoms with E-state index in [4.69, 9.17) is 0 Å². The first-order valence-corrected chi connectivity index (χ1v) is 10.7. The lowest BCUT2D eigenvalue weighted by molar-refractivity contribution is 0.0729. The van der Waals surface area contributed by atoms with Crippen molar-refractivity contribution in [3.63, 3.8) is 0 Å². The molecule has 0 spiro atoms. The number of amides is 1. The van der Waals surface area contributed by atoms with Gasteiger partial charge >= 0.3 is 0 Å². The lowest BCUT2D eigenvalue weighted by Gasteiger charge is -2.24. The summed E-state index contributed by atoms with van der Waals surface area (Å²) in [6, 6.07) is 24.3. The van der Waals surface area contributed by atoms with Gasteiger partial charge in [-0.3, -0.25) is 4.79 Å². The van der Waals surface area contributed by atoms with E-state index in [0.29, 0.717) is 13.1 Å². The van der Waals surface area contributed by atoms with Crippen molar-refractivity contribution in [2.75, 3.05) is 13.6 Å². The molecular weight excluding hydrogens is 382 g/mol. The highest BCUT2D eigenvalue weighted by atomic mass is 16.2. The zero-order chi connectivity index (χ0) is 22.2. The fourth-order valence-corrected chi connectivity index (χ4v) is 3.39. The first-order valence-electron chi connectivity index (χ1n) is 10.7. The summed E-state index contributed by atoms with van der Waals surface area (Å²) in [4.78, 5) is 22.2. The molecule has 0 aliphatic carbocycles. The van der Waals surface area contributed by atoms with E-state index in [1.807, 2.05) is 85.6 Å². The summed E-state index contributed by atoms with van der Waals surface area (Å²) in [5, 5.41) is 0. The summed E-state index contributed by atoms with van der Waals surface area (Å²) in [6.45, 7) is 8.10. The van der Waals surface area contributed by atoms with E-state index in [2.05, 4.69) is 36.2 Å². The summed E-state index contributed by atoms with van der Waals surface area (Å²) in [5.41, 5.74) is 5.79. The van der Waals surface area contributed by atoms with E-state index in [1.165, 1.54) is 0 Å². The van der Waals surface area contributed by atoms with Gasteiger partial charge in [-0.05, 0) is 55.2 Å². The highest BCUT2D eigenvalue weighted by Crippen LogP contribution is 2.25. The van der Waals surface area contributed by atoms with Gasteiger partial charge in [0.25, 0.3) is 5.91 Å². The normalized spacial score (nSPS) is 11.0. The Kier molecular flexibility index (Phi) is 7.60. The third kappa shape index (κ3) is 6.05. The van der Waals surface area contributed by atoms with Gasteiger partial charge in [0.15, 0.2) is 0 Å². The van der Waals surface area contributed by atoms with Gasteiger partial charge < -0.3 is 9.80 Å². The monoisotopic (exact) mass is 413 g/mol. The molecule has 0 atom stereocenters. The van der Waals surface area contributed by atoms with E-state index in [-0.39, 0.29) is 5.91 Å². The number of aliphatic imine (C=N–C) groups is 1. The predicted molar refractivity (Wildman–Crippen MR) is 129 cm³/mol. The van der Waals surface area contributed by atoms with Crippen LogP contribution in [0.1, 0.15) is 39.5 Å². The molecule has 4 heteroatoms. The molecule has 0 unspecified atom stereocenters. The molecule has 160 valence electrons. The first-order chi connectivity index (χ1) is 15.0. The number of aryl methyl sites for hydroxylation is 2. The van der Waals surface area contributed by atoms with Crippen molar-refractivity contribution in [2.45, 2.75) is 33.9 Å². The molecule has 3 aromatic carbocycles. The standard InChI is InChI=1S/C27H31N3O/c1-5-29(4)20-28-26-17-21(2)25(16-22(26)3)27(31)30(18-23-12-8-6-9-13-23)19-24-14-10-7-11-15-24/h6-17,20H,5,18-19H2,1-4H3. The fraction of sp³-hybridized carbons (Fsp3) is 0.259. The topological polar surface area (TPSA) is 35.9 Å². The highest BCUT2D eigenvalue weighted by molar-refractivity contribution is 5.96. The van der Waals surface area contributed by atoms with Crippen LogP contribution in [0, 0.1) is 13.8 Å². The number of benzene rings is 3. The molecule has 3 rings (SSSR count). The predicted octanol–water partition coefficient (Wildman–Crippen LogP) is 5.76. The average molecular weight is 414 g/mol. The number of carbonyl (C=O) groups excluding carboxylic acids is 1. The van der Waals surface area contributed by atoms with Crippen LogP contribution >= 0.6 is 0 Å². The van der Waals surface area contributed by atoms with Crippen LogP contribution in [0.25, 0.3) is 0 Å². The van der Waals surface area contributed by atoms with Crippen LogP contribution in [-0.2, 0) is 13.1 Å². The van der Waals surface area contributed by atoms with Gasteiger partial charge in [0.2, 0.25) is 0 Å². The van der Waals surface area contributed by atoms with Crippen molar-refractivity contribution in [1.82, 2.24) is 9.80 Å². The SMILES string of the molecule is CCN(C)C=Nc1cc(C)c(C(=O)N(Cc2ccccc2)Cc2ccccc2)cc1C. The lowest BCUT2D eigenvalue weighted by Crippen LogP contribution is -2.30. The average Bonchev–Trinajstić information content (AvgIpc) is 2.79. The van der Waals surface area contributed by atoms with Crippen LogP contribution in [-0.4, -0.2) is 35.6 Å². The zero-order valence-electron chi connectivity index (χ0n) is 18.9. The fourth-order valence-electron chi connectivity index (χ4n) is 3.39. The smallest absolute Gasteiger partial charge is 0.254 e. The van der Waals surface area contributed by atoms with E-state index < -0.39 is 0 Å². The molecule has 0 radical (unpaired) electrons. The Balaban J connectivity index is 1.91. The molecule has 0 aliphatic rings. The van der Waals surface area contributed by atoms with Gasteiger partial charge in [-0.15, -0.1) is 0 Å². The van der Waals surface area contributed by atoms with E-state index in [0.717, 1.165) is 40.0 Å². The van der Waals surface area contributed by atoms with E-state index in [9.17, 15) is 4.79 Å². The second-order valence-corrected chi connectivity index (χ2v) is 7.90. The Morgan fingerprint density at radius 1 is 0.871 bits per heavy atom. The summed E-state index contributed by atoms with van der Waals surface area (Å²) in [7, 11) is 1.99. The Morgan fingerprint density at radius 3 is 1.94 bits per heavy atom. The lowest BCUT2D eigenvalue weighted by atomic mass is 10.0. The molecular formula is C27H31N3O. The van der Waals surface area contributed by atoms with Crippen molar-refractivity contribution in [1.29, 1.82) is 0 Å². The molecule has 4 nitrogen and oxygen atoms in total. The van der Waals surface area contributed by atoms with Gasteiger partial charge in [0.1, 0.15) is 0 Å². The van der Waals surface area contributed by atoms with Gasteiger partial charge in [0.05, 0.1) is 12.0 Å². The second-order valence-electron chi connectivity index (χ2n) is 7.90. The third-order valence-corrected chi connectivity index (χ3v) is 5.39. The van der Waals surface area contributed by atoms with Crippen LogP contribution < -0.4 is 0 Å². The minimum absolute atomic E-state index is 0.0366. The molecule has 0 saturated heterocycles. The first kappa shape index (κ1) is 22.3. The summed E-state index contributed by atoms with van der Waals surface area (Å²) < 4.78 is 0. The van der Waals surface area contributed by atoms with Crippen LogP contribution in [0.4, 0.5) is 5.69 Å². The largest absolute Gasteiger partial charge is 0.366 e. The molecule has 0 heterocycles. The third-order valence-electron chi connectivity index (χ3n) is 5.39. The van der Waals surface area contributed by atoms with Crippen molar-refractivity contribution in [3.05, 3.63) is 101 Å². The molecule has 0 saturated carbocycles. The molecule has 0 aromatic heterocycles. The molecule has 0 fully saturated rings. The Morgan fingerprint density at radius 2 is 1.42 bits per heavy atom. The van der Waals surface area contributed by atoms with Gasteiger partial charge in [0, 0.05) is 32.2 Å². The summed E-state index contributed by atoms with van der Waals surface area (Å²) >= 11 is 0. The maximum Gasteiger partial charge on any atom is 0.254 e. The molecule has 0 bridgehead atoms. The van der Waals surface area contributed by atoms with Gasteiger partial charge in [-0.25, -0.2) is 4.99 Å². The molecule has 31 heavy (non-hydrogen) atoms. The Bertz CT molecular complexity index is 988. The second kappa shape index (κ2) is 10.6. The number of hydrogen-bond donors (Lipinski definition) is 0. The highest BCUT2D eigenvalue weighted by Gasteiger charge is 2.20. The quantitative estimate of drug-likeness (QED) is 0.348. The summed E-state index contributed by atoms with van der Waals surface area (Å²) in [6.07, 6.45) is 1.83. The number of carbonyl (C=O) groups is 1. The number of rotatable bonds is 8. The molecule has 1 amide bonds. The molecule has 0 aliphatic heterocycles. The number of nitrogens with zero attached hydrogens (tertiary/aromatic N) is 3. The summed E-state index contributed by atoms with van der Waals surface area (Å²) in [5.74, 6) is 0.0366. The molecule has 0 N–H and O–H groups in total. The van der Waals surface area contributed by atoms with E-state index >= 15 is 0 Å². The van der Waals surface area contributed by atoms with Crippen LogP contribution in [0.3, 0.4) is 0 Å². The maximum atomic E-state index is 13.6. The van der Waals surface area contributed by atoms with Crippen LogP contribution in [0.5, 0.6) is 0 Å². The van der Waals surface area contributed by atoms with Gasteiger partial charge in [-0.2, -0.15) is 0 Å². The van der Waals surface area contributed by atoms with Crippen molar-refractivity contribution in [2.24, 2.45) is 4.99 Å².